The fourth-order valence-corrected chi connectivity index (χ4v) is 5.84. The van der Waals surface area contributed by atoms with Gasteiger partial charge in [-0.1, -0.05) is 42.5 Å². The maximum absolute atomic E-state index is 14.5. The van der Waals surface area contributed by atoms with E-state index < -0.39 is 5.25 Å². The number of aromatic nitrogens is 2. The molecule has 0 spiro atoms. The van der Waals surface area contributed by atoms with Gasteiger partial charge in [0.05, 0.1) is 36.1 Å². The number of thioether (sulfide) groups is 1. The summed E-state index contributed by atoms with van der Waals surface area (Å²) in [5.41, 5.74) is 3.60. The van der Waals surface area contributed by atoms with Crippen molar-refractivity contribution in [3.8, 4) is 22.7 Å². The van der Waals surface area contributed by atoms with Gasteiger partial charge in [-0.2, -0.15) is 5.10 Å². The normalized spacial score (nSPS) is 14.9. The number of rotatable bonds is 9. The number of carbonyl (C=O) groups is 2. The molecule has 0 bridgehead atoms. The lowest BCUT2D eigenvalue weighted by Gasteiger charge is -2.23. The van der Waals surface area contributed by atoms with Crippen molar-refractivity contribution in [2.24, 2.45) is 0 Å². The summed E-state index contributed by atoms with van der Waals surface area (Å²) in [4.78, 5) is 28.2. The molecule has 40 heavy (non-hydrogen) atoms. The minimum atomic E-state index is -0.418. The molecule has 4 aromatic rings. The van der Waals surface area contributed by atoms with Crippen molar-refractivity contribution < 1.29 is 23.5 Å². The molecule has 1 unspecified atom stereocenters. The molecule has 2 amide bonds. The summed E-state index contributed by atoms with van der Waals surface area (Å²) < 4.78 is 26.5. The SMILES string of the molecule is COCCNC(=O)CN1C(=O)CSC(c2cccc(F)c2)c2c(-c3ccccc3)nn(-c3ccc(OC)cc3)c21. The number of fused-ring (bicyclic) bond motifs is 1. The van der Waals surface area contributed by atoms with E-state index in [9.17, 15) is 14.0 Å². The summed E-state index contributed by atoms with van der Waals surface area (Å²) in [6, 6.07) is 23.3. The van der Waals surface area contributed by atoms with E-state index in [0.29, 0.717) is 41.7 Å². The van der Waals surface area contributed by atoms with Gasteiger partial charge in [-0.15, -0.1) is 11.8 Å². The Morgan fingerprint density at radius 2 is 1.85 bits per heavy atom. The molecule has 0 radical (unpaired) electrons. The van der Waals surface area contributed by atoms with Gasteiger partial charge < -0.3 is 14.8 Å². The van der Waals surface area contributed by atoms with E-state index in [1.54, 1.807) is 25.0 Å². The number of nitrogens with zero attached hydrogens (tertiary/aromatic N) is 3. The second-order valence-electron chi connectivity index (χ2n) is 9.13. The van der Waals surface area contributed by atoms with Gasteiger partial charge in [-0.05, 0) is 42.0 Å². The first kappa shape index (κ1) is 27.4. The van der Waals surface area contributed by atoms with Crippen molar-refractivity contribution in [1.29, 1.82) is 0 Å². The maximum Gasteiger partial charge on any atom is 0.240 e. The third-order valence-corrected chi connectivity index (χ3v) is 7.79. The maximum atomic E-state index is 14.5. The lowest BCUT2D eigenvalue weighted by molar-refractivity contribution is -0.123. The van der Waals surface area contributed by atoms with E-state index in [4.69, 9.17) is 14.6 Å². The first-order chi connectivity index (χ1) is 19.5. The fraction of sp³-hybridized carbons (Fsp3) is 0.233. The van der Waals surface area contributed by atoms with Crippen LogP contribution in [0.5, 0.6) is 5.75 Å². The van der Waals surface area contributed by atoms with Crippen LogP contribution in [0, 0.1) is 5.82 Å². The van der Waals surface area contributed by atoms with Crippen LogP contribution in [0.3, 0.4) is 0 Å². The van der Waals surface area contributed by atoms with Gasteiger partial charge in [0.1, 0.15) is 23.9 Å². The Kier molecular flexibility index (Phi) is 8.47. The Morgan fingerprint density at radius 3 is 2.55 bits per heavy atom. The van der Waals surface area contributed by atoms with Gasteiger partial charge >= 0.3 is 0 Å². The van der Waals surface area contributed by atoms with Gasteiger partial charge in [-0.25, -0.2) is 9.07 Å². The number of hydrogen-bond acceptors (Lipinski definition) is 6. The molecule has 206 valence electrons. The number of benzene rings is 3. The highest BCUT2D eigenvalue weighted by atomic mass is 32.2. The zero-order valence-electron chi connectivity index (χ0n) is 22.2. The molecule has 0 aliphatic carbocycles. The summed E-state index contributed by atoms with van der Waals surface area (Å²) in [5, 5.41) is 7.41. The van der Waals surface area contributed by atoms with Crippen LogP contribution in [0.25, 0.3) is 16.9 Å². The topological polar surface area (TPSA) is 85.7 Å². The monoisotopic (exact) mass is 560 g/mol. The minimum absolute atomic E-state index is 0.0953. The highest BCUT2D eigenvalue weighted by molar-refractivity contribution is 8.00. The van der Waals surface area contributed by atoms with Gasteiger partial charge in [0, 0.05) is 24.8 Å². The van der Waals surface area contributed by atoms with Crippen LogP contribution < -0.4 is 15.0 Å². The fourth-order valence-electron chi connectivity index (χ4n) is 4.66. The smallest absolute Gasteiger partial charge is 0.240 e. The number of methoxy groups -OCH3 is 2. The summed E-state index contributed by atoms with van der Waals surface area (Å²) in [6.45, 7) is 0.463. The molecule has 2 heterocycles. The highest BCUT2D eigenvalue weighted by Gasteiger charge is 2.37. The molecule has 1 aliphatic heterocycles. The van der Waals surface area contributed by atoms with Crippen molar-refractivity contribution in [3.05, 3.63) is 95.8 Å². The van der Waals surface area contributed by atoms with Crippen LogP contribution in [0.4, 0.5) is 10.2 Å². The Labute approximate surface area is 236 Å². The molecule has 0 saturated carbocycles. The van der Waals surface area contributed by atoms with Gasteiger partial charge in [0.25, 0.3) is 0 Å². The van der Waals surface area contributed by atoms with E-state index in [-0.39, 0.29) is 29.9 Å². The summed E-state index contributed by atoms with van der Waals surface area (Å²) in [7, 11) is 3.14. The lowest BCUT2D eigenvalue weighted by atomic mass is 9.99. The highest BCUT2D eigenvalue weighted by Crippen LogP contribution is 2.48. The number of amides is 2. The van der Waals surface area contributed by atoms with Crippen molar-refractivity contribution in [2.75, 3.05) is 44.6 Å². The third kappa shape index (κ3) is 5.73. The minimum Gasteiger partial charge on any atom is -0.497 e. The Hall–Kier alpha value is -4.15. The van der Waals surface area contributed by atoms with E-state index in [0.717, 1.165) is 11.1 Å². The Morgan fingerprint density at radius 1 is 1.07 bits per heavy atom. The van der Waals surface area contributed by atoms with Crippen molar-refractivity contribution in [3.63, 3.8) is 0 Å². The number of anilines is 1. The summed E-state index contributed by atoms with van der Waals surface area (Å²) in [6.07, 6.45) is 0. The van der Waals surface area contributed by atoms with Crippen molar-refractivity contribution in [1.82, 2.24) is 15.1 Å². The number of ether oxygens (including phenoxy) is 2. The van der Waals surface area contributed by atoms with Crippen molar-refractivity contribution >= 4 is 29.4 Å². The average molecular weight is 561 g/mol. The van der Waals surface area contributed by atoms with E-state index in [2.05, 4.69) is 5.32 Å². The molecule has 1 aliphatic rings. The number of halogens is 1. The zero-order valence-corrected chi connectivity index (χ0v) is 23.0. The lowest BCUT2D eigenvalue weighted by Crippen LogP contribution is -2.43. The van der Waals surface area contributed by atoms with Crippen LogP contribution in [-0.4, -0.2) is 61.3 Å². The second-order valence-corrected chi connectivity index (χ2v) is 10.2. The quantitative estimate of drug-likeness (QED) is 0.301. The average Bonchev–Trinajstić information content (AvgIpc) is 3.30. The van der Waals surface area contributed by atoms with Crippen LogP contribution in [0.15, 0.2) is 78.9 Å². The standard InChI is InChI=1S/C30H29FN4O4S/c1-38-16-15-32-25(36)18-34-26(37)19-40-29(21-9-6-10-22(31)17-21)27-28(20-7-4-3-5-8-20)33-35(30(27)34)23-11-13-24(39-2)14-12-23/h3-14,17,29H,15-16,18-19H2,1-2H3,(H,32,36). The predicted octanol–water partition coefficient (Wildman–Crippen LogP) is 4.62. The number of hydrogen-bond donors (Lipinski definition) is 1. The molecule has 0 fully saturated rings. The molecule has 3 aromatic carbocycles. The van der Waals surface area contributed by atoms with E-state index in [1.165, 1.54) is 28.8 Å². The molecular weight excluding hydrogens is 531 g/mol. The van der Waals surface area contributed by atoms with Crippen LogP contribution in [0.1, 0.15) is 16.4 Å². The van der Waals surface area contributed by atoms with E-state index >= 15 is 0 Å². The molecule has 5 rings (SSSR count). The predicted molar refractivity (Wildman–Crippen MR) is 153 cm³/mol. The van der Waals surface area contributed by atoms with Crippen LogP contribution >= 0.6 is 11.8 Å². The number of nitrogens with one attached hydrogen (secondary N) is 1. The van der Waals surface area contributed by atoms with Gasteiger partial charge in [0.15, 0.2) is 0 Å². The second kappa shape index (κ2) is 12.4. The molecule has 1 N–H and O–H groups in total. The molecule has 1 aromatic heterocycles. The first-order valence-corrected chi connectivity index (χ1v) is 13.8. The third-order valence-electron chi connectivity index (χ3n) is 6.53. The summed E-state index contributed by atoms with van der Waals surface area (Å²) in [5.74, 6) is 0.293. The van der Waals surface area contributed by atoms with Gasteiger partial charge in [0.2, 0.25) is 11.8 Å². The van der Waals surface area contributed by atoms with E-state index in [1.807, 2.05) is 60.7 Å². The molecule has 1 atom stereocenters. The largest absolute Gasteiger partial charge is 0.497 e. The van der Waals surface area contributed by atoms with Crippen molar-refractivity contribution in [2.45, 2.75) is 5.25 Å². The van der Waals surface area contributed by atoms with Crippen LogP contribution in [-0.2, 0) is 14.3 Å². The van der Waals surface area contributed by atoms with Crippen LogP contribution in [0.2, 0.25) is 0 Å². The Bertz CT molecular complexity index is 1490. The summed E-state index contributed by atoms with van der Waals surface area (Å²) >= 11 is 1.39. The zero-order chi connectivity index (χ0) is 28.1. The van der Waals surface area contributed by atoms with Gasteiger partial charge in [-0.3, -0.25) is 14.5 Å². The molecule has 0 saturated heterocycles. The molecule has 8 nitrogen and oxygen atoms in total. The Balaban J connectivity index is 1.74. The molecule has 10 heteroatoms. The first-order valence-electron chi connectivity index (χ1n) is 12.8. The molecular formula is C30H29FN4O4S. The number of carbonyl (C=O) groups excluding carboxylic acids is 2.